The van der Waals surface area contributed by atoms with Gasteiger partial charge < -0.3 is 0 Å². The molecule has 4 nitrogen and oxygen atoms in total. The molecule has 0 bridgehead atoms. The normalized spacial score (nSPS) is 11.2. The summed E-state index contributed by atoms with van der Waals surface area (Å²) in [5.41, 5.74) is 8.96. The first kappa shape index (κ1) is 17.5. The lowest BCUT2D eigenvalue weighted by Crippen LogP contribution is -1.86. The van der Waals surface area contributed by atoms with Gasteiger partial charge >= 0.3 is 0 Å². The van der Waals surface area contributed by atoms with Crippen LogP contribution in [0, 0.1) is 0 Å². The molecule has 0 aromatic heterocycles. The van der Waals surface area contributed by atoms with Crippen LogP contribution in [-0.2, 0) is 10.4 Å². The maximum atomic E-state index is 10.8. The van der Waals surface area contributed by atoms with E-state index >= 15 is 0 Å². The molecule has 0 fully saturated rings. The van der Waals surface area contributed by atoms with Gasteiger partial charge in [0.2, 0.25) is 0 Å². The van der Waals surface area contributed by atoms with Gasteiger partial charge in [0, 0.05) is 0 Å². The largest absolute Gasteiger partial charge is 0.233 e. The maximum Gasteiger partial charge on any atom is 0.0641 e. The van der Waals surface area contributed by atoms with E-state index < -0.39 is 0 Å². The Morgan fingerprint density at radius 1 is 0.538 bits per heavy atom. The summed E-state index contributed by atoms with van der Waals surface area (Å²) in [5.74, 6) is 0. The van der Waals surface area contributed by atoms with Crippen molar-refractivity contribution in [1.29, 1.82) is 0 Å². The Balaban J connectivity index is 1.80. The molecule has 0 unspecified atom stereocenters. The van der Waals surface area contributed by atoms with Gasteiger partial charge in [-0.3, -0.25) is 0 Å². The van der Waals surface area contributed by atoms with Gasteiger partial charge in [-0.25, -0.2) is 11.0 Å². The van der Waals surface area contributed by atoms with Gasteiger partial charge in [-0.1, -0.05) is 83.2 Å². The highest BCUT2D eigenvalue weighted by Crippen LogP contribution is 2.18. The molecular weight excluding hydrogens is 324 g/mol. The number of hydrogen-bond acceptors (Lipinski definition) is 2. The SMILES string of the molecule is [O]Nc1ccc(/C=C/c2ccccc2/C=C/c2cccc(N[O])c2)cc1. The molecule has 0 saturated heterocycles. The molecule has 0 spiro atoms. The molecule has 3 aromatic carbocycles. The smallest absolute Gasteiger partial charge is 0.0641 e. The molecule has 4 heteroatoms. The molecule has 0 heterocycles. The average molecular weight is 342 g/mol. The maximum absolute atomic E-state index is 10.8. The summed E-state index contributed by atoms with van der Waals surface area (Å²) in [6.45, 7) is 0. The summed E-state index contributed by atoms with van der Waals surface area (Å²) < 4.78 is 0. The van der Waals surface area contributed by atoms with Crippen molar-refractivity contribution in [3.05, 3.63) is 95.1 Å². The van der Waals surface area contributed by atoms with Crippen LogP contribution < -0.4 is 11.0 Å². The van der Waals surface area contributed by atoms with E-state index in [1.807, 2.05) is 83.8 Å². The molecule has 0 atom stereocenters. The first-order valence-electron chi connectivity index (χ1n) is 8.20. The second kappa shape index (κ2) is 8.67. The van der Waals surface area contributed by atoms with E-state index in [1.54, 1.807) is 24.3 Å². The molecule has 0 saturated carbocycles. The predicted molar refractivity (Wildman–Crippen MR) is 106 cm³/mol. The lowest BCUT2D eigenvalue weighted by atomic mass is 10.0. The zero-order chi connectivity index (χ0) is 18.2. The van der Waals surface area contributed by atoms with E-state index in [4.69, 9.17) is 0 Å². The van der Waals surface area contributed by atoms with Crippen molar-refractivity contribution in [3.63, 3.8) is 0 Å². The Morgan fingerprint density at radius 3 is 1.77 bits per heavy atom. The van der Waals surface area contributed by atoms with Crippen molar-refractivity contribution in [1.82, 2.24) is 0 Å². The molecule has 128 valence electrons. The molecule has 3 aromatic rings. The molecule has 0 aliphatic carbocycles. The second-order valence-corrected chi connectivity index (χ2v) is 5.75. The molecule has 3 rings (SSSR count). The molecule has 26 heavy (non-hydrogen) atoms. The van der Waals surface area contributed by atoms with Crippen molar-refractivity contribution < 1.29 is 10.4 Å². The highest BCUT2D eigenvalue weighted by molar-refractivity contribution is 5.80. The summed E-state index contributed by atoms with van der Waals surface area (Å²) in [7, 11) is 0. The van der Waals surface area contributed by atoms with Crippen LogP contribution in [0.1, 0.15) is 22.3 Å². The van der Waals surface area contributed by atoms with Crippen LogP contribution in [0.5, 0.6) is 0 Å². The van der Waals surface area contributed by atoms with E-state index in [2.05, 4.69) is 0 Å². The minimum Gasteiger partial charge on any atom is -0.233 e. The van der Waals surface area contributed by atoms with E-state index in [9.17, 15) is 10.4 Å². The third-order valence-electron chi connectivity index (χ3n) is 3.94. The lowest BCUT2D eigenvalue weighted by Gasteiger charge is -2.02. The van der Waals surface area contributed by atoms with Crippen LogP contribution in [0.25, 0.3) is 24.3 Å². The highest BCUT2D eigenvalue weighted by atomic mass is 16.5. The minimum absolute atomic E-state index is 0.538. The first-order chi connectivity index (χ1) is 12.8. The molecule has 0 amide bonds. The van der Waals surface area contributed by atoms with Crippen LogP contribution >= 0.6 is 0 Å². The monoisotopic (exact) mass is 342 g/mol. The van der Waals surface area contributed by atoms with E-state index in [1.165, 1.54) is 0 Å². The zero-order valence-electron chi connectivity index (χ0n) is 14.1. The van der Waals surface area contributed by atoms with Crippen LogP contribution in [-0.4, -0.2) is 0 Å². The van der Waals surface area contributed by atoms with Crippen LogP contribution in [0.2, 0.25) is 0 Å². The Kier molecular flexibility index (Phi) is 5.83. The Labute approximate surface area is 152 Å². The van der Waals surface area contributed by atoms with Crippen LogP contribution in [0.15, 0.2) is 72.8 Å². The quantitative estimate of drug-likeness (QED) is 0.456. The second-order valence-electron chi connectivity index (χ2n) is 5.75. The highest BCUT2D eigenvalue weighted by Gasteiger charge is 1.97. The number of rotatable bonds is 6. The summed E-state index contributed by atoms with van der Waals surface area (Å²) in [5, 5.41) is 21.4. The van der Waals surface area contributed by atoms with Crippen molar-refractivity contribution in [2.75, 3.05) is 11.0 Å². The van der Waals surface area contributed by atoms with Gasteiger partial charge in [0.05, 0.1) is 11.4 Å². The Bertz CT molecular complexity index is 915. The predicted octanol–water partition coefficient (Wildman–Crippen LogP) is 5.54. The minimum atomic E-state index is 0.538. The van der Waals surface area contributed by atoms with Crippen molar-refractivity contribution in [2.24, 2.45) is 0 Å². The fraction of sp³-hybridized carbons (Fsp3) is 0. The third kappa shape index (κ3) is 4.60. The first-order valence-corrected chi connectivity index (χ1v) is 8.20. The third-order valence-corrected chi connectivity index (χ3v) is 3.94. The average Bonchev–Trinajstić information content (AvgIpc) is 2.72. The lowest BCUT2D eigenvalue weighted by molar-refractivity contribution is 0.274. The fourth-order valence-corrected chi connectivity index (χ4v) is 2.55. The van der Waals surface area contributed by atoms with Crippen LogP contribution in [0.4, 0.5) is 11.4 Å². The molecular formula is C22H18N2O2. The summed E-state index contributed by atoms with van der Waals surface area (Å²) in [6.07, 6.45) is 8.04. The topological polar surface area (TPSA) is 63.9 Å². The van der Waals surface area contributed by atoms with Gasteiger partial charge in [0.1, 0.15) is 0 Å². The fourth-order valence-electron chi connectivity index (χ4n) is 2.55. The van der Waals surface area contributed by atoms with E-state index in [0.29, 0.717) is 11.4 Å². The number of benzene rings is 3. The zero-order valence-corrected chi connectivity index (χ0v) is 14.1. The molecule has 0 aliphatic rings. The number of anilines is 2. The summed E-state index contributed by atoms with van der Waals surface area (Å²) in [6, 6.07) is 22.6. The standard InChI is InChI=1S/C22H18N2O2/c25-23-21-14-10-17(11-15-21)8-12-19-5-1-2-6-20(19)13-9-18-4-3-7-22(16-18)24-26/h1-16,23-24H/b12-8+,13-9+. The molecule has 2 N–H and O–H groups in total. The summed E-state index contributed by atoms with van der Waals surface area (Å²) >= 11 is 0. The van der Waals surface area contributed by atoms with Gasteiger partial charge in [-0.15, -0.1) is 0 Å². The van der Waals surface area contributed by atoms with Gasteiger partial charge in [-0.05, 0) is 46.5 Å². The summed E-state index contributed by atoms with van der Waals surface area (Å²) in [4.78, 5) is 0. The van der Waals surface area contributed by atoms with Crippen molar-refractivity contribution in [2.45, 2.75) is 0 Å². The van der Waals surface area contributed by atoms with Crippen molar-refractivity contribution in [3.8, 4) is 0 Å². The van der Waals surface area contributed by atoms with Crippen molar-refractivity contribution >= 4 is 35.7 Å². The van der Waals surface area contributed by atoms with E-state index in [0.717, 1.165) is 22.3 Å². The number of hydrogen-bond donors (Lipinski definition) is 2. The Hall–Kier alpha value is -3.34. The Morgan fingerprint density at radius 2 is 1.15 bits per heavy atom. The van der Waals surface area contributed by atoms with Crippen LogP contribution in [0.3, 0.4) is 0 Å². The number of nitrogens with one attached hydrogen (secondary N) is 2. The van der Waals surface area contributed by atoms with Gasteiger partial charge in [0.15, 0.2) is 0 Å². The van der Waals surface area contributed by atoms with E-state index in [-0.39, 0.29) is 0 Å². The molecule has 0 aliphatic heterocycles. The molecule has 2 radical (unpaired) electrons. The van der Waals surface area contributed by atoms with Gasteiger partial charge in [0.25, 0.3) is 0 Å². The van der Waals surface area contributed by atoms with Gasteiger partial charge in [-0.2, -0.15) is 0 Å².